The number of aromatic nitrogens is 4. The number of halogens is 1. The second-order valence-electron chi connectivity index (χ2n) is 8.18. The Hall–Kier alpha value is -5.12. The van der Waals surface area contributed by atoms with Crippen molar-refractivity contribution in [2.24, 2.45) is 0 Å². The van der Waals surface area contributed by atoms with Gasteiger partial charge in [0.25, 0.3) is 5.91 Å². The third-order valence-corrected chi connectivity index (χ3v) is 5.52. The van der Waals surface area contributed by atoms with Gasteiger partial charge < -0.3 is 14.8 Å². The first-order valence-electron chi connectivity index (χ1n) is 11.8. The standard InChI is InChI=1S/C28H22FN5O4/c29-22-8-4-7-21(17-22)28-32-31-24-13-14-26(33-34(24)28)37-16-15-30-25(35)18-38-23-11-9-20(10-12-23)27(36)19-5-2-1-3-6-19/h1-14,17H,15-16,18H2,(H,30,35). The molecule has 0 saturated heterocycles. The highest BCUT2D eigenvalue weighted by atomic mass is 19.1. The van der Waals surface area contributed by atoms with Gasteiger partial charge in [0.15, 0.2) is 23.9 Å². The maximum Gasteiger partial charge on any atom is 0.258 e. The Balaban J connectivity index is 1.08. The molecular weight excluding hydrogens is 489 g/mol. The largest absolute Gasteiger partial charge is 0.484 e. The van der Waals surface area contributed by atoms with Gasteiger partial charge in [-0.1, -0.05) is 42.5 Å². The number of benzene rings is 3. The van der Waals surface area contributed by atoms with Gasteiger partial charge >= 0.3 is 0 Å². The van der Waals surface area contributed by atoms with E-state index in [2.05, 4.69) is 20.6 Å². The fourth-order valence-electron chi connectivity index (χ4n) is 3.66. The zero-order chi connectivity index (χ0) is 26.3. The maximum atomic E-state index is 13.6. The van der Waals surface area contributed by atoms with Crippen LogP contribution in [0.5, 0.6) is 11.6 Å². The van der Waals surface area contributed by atoms with Gasteiger partial charge in [-0.25, -0.2) is 4.39 Å². The van der Waals surface area contributed by atoms with Gasteiger partial charge in [-0.05, 0) is 42.5 Å². The smallest absolute Gasteiger partial charge is 0.258 e. The van der Waals surface area contributed by atoms with E-state index in [-0.39, 0.29) is 37.3 Å². The summed E-state index contributed by atoms with van der Waals surface area (Å²) in [7, 11) is 0. The molecule has 1 amide bonds. The van der Waals surface area contributed by atoms with Gasteiger partial charge in [0, 0.05) is 22.8 Å². The van der Waals surface area contributed by atoms with Gasteiger partial charge in [-0.15, -0.1) is 15.3 Å². The lowest BCUT2D eigenvalue weighted by molar-refractivity contribution is -0.123. The molecule has 0 spiro atoms. The van der Waals surface area contributed by atoms with E-state index in [0.717, 1.165) is 0 Å². The van der Waals surface area contributed by atoms with Crippen molar-refractivity contribution in [2.45, 2.75) is 0 Å². The van der Waals surface area contributed by atoms with Crippen molar-refractivity contribution < 1.29 is 23.5 Å². The van der Waals surface area contributed by atoms with E-state index in [1.165, 1.54) is 16.6 Å². The Morgan fingerprint density at radius 3 is 2.42 bits per heavy atom. The highest BCUT2D eigenvalue weighted by Crippen LogP contribution is 2.20. The van der Waals surface area contributed by atoms with Crippen LogP contribution in [0.2, 0.25) is 0 Å². The lowest BCUT2D eigenvalue weighted by Crippen LogP contribution is -2.32. The Morgan fingerprint density at radius 2 is 1.63 bits per heavy atom. The lowest BCUT2D eigenvalue weighted by atomic mass is 10.0. The van der Waals surface area contributed by atoms with E-state index in [4.69, 9.17) is 9.47 Å². The SMILES string of the molecule is O=C(COc1ccc(C(=O)c2ccccc2)cc1)NCCOc1ccc2nnc(-c3cccc(F)c3)n2n1. The summed E-state index contributed by atoms with van der Waals surface area (Å²) in [6.45, 7) is 0.206. The molecule has 0 atom stereocenters. The summed E-state index contributed by atoms with van der Waals surface area (Å²) in [4.78, 5) is 24.6. The van der Waals surface area contributed by atoms with E-state index >= 15 is 0 Å². The molecule has 10 heteroatoms. The Bertz CT molecular complexity index is 1570. The van der Waals surface area contributed by atoms with Crippen molar-refractivity contribution in [1.29, 1.82) is 0 Å². The topological polar surface area (TPSA) is 108 Å². The van der Waals surface area contributed by atoms with Crippen LogP contribution in [0.15, 0.2) is 91.0 Å². The fourth-order valence-corrected chi connectivity index (χ4v) is 3.66. The molecule has 190 valence electrons. The Morgan fingerprint density at radius 1 is 0.842 bits per heavy atom. The molecule has 0 aliphatic carbocycles. The molecule has 2 aromatic heterocycles. The second-order valence-corrected chi connectivity index (χ2v) is 8.18. The number of fused-ring (bicyclic) bond motifs is 1. The average Bonchev–Trinajstić information content (AvgIpc) is 3.38. The van der Waals surface area contributed by atoms with Crippen molar-refractivity contribution >= 4 is 17.3 Å². The number of ketones is 1. The number of hydrogen-bond acceptors (Lipinski definition) is 7. The van der Waals surface area contributed by atoms with Crippen LogP contribution in [0.25, 0.3) is 17.0 Å². The maximum absolute atomic E-state index is 13.6. The van der Waals surface area contributed by atoms with Crippen LogP contribution in [0.3, 0.4) is 0 Å². The molecule has 5 rings (SSSR count). The molecule has 0 saturated carbocycles. The molecule has 0 radical (unpaired) electrons. The van der Waals surface area contributed by atoms with Crippen LogP contribution in [-0.2, 0) is 4.79 Å². The average molecular weight is 512 g/mol. The molecule has 38 heavy (non-hydrogen) atoms. The summed E-state index contributed by atoms with van der Waals surface area (Å²) in [6.07, 6.45) is 0. The molecule has 0 aliphatic heterocycles. The van der Waals surface area contributed by atoms with E-state index in [9.17, 15) is 14.0 Å². The van der Waals surface area contributed by atoms with Crippen molar-refractivity contribution in [2.75, 3.05) is 19.8 Å². The number of carbonyl (C=O) groups is 2. The number of carbonyl (C=O) groups excluding carboxylic acids is 2. The summed E-state index contributed by atoms with van der Waals surface area (Å²) in [5, 5.41) is 15.2. The van der Waals surface area contributed by atoms with E-state index < -0.39 is 0 Å². The van der Waals surface area contributed by atoms with E-state index in [1.54, 1.807) is 60.7 Å². The first-order valence-corrected chi connectivity index (χ1v) is 11.8. The molecular formula is C28H22FN5O4. The lowest BCUT2D eigenvalue weighted by Gasteiger charge is -2.09. The number of amides is 1. The van der Waals surface area contributed by atoms with Crippen LogP contribution >= 0.6 is 0 Å². The van der Waals surface area contributed by atoms with Gasteiger partial charge in [0.2, 0.25) is 5.88 Å². The monoisotopic (exact) mass is 511 g/mol. The highest BCUT2D eigenvalue weighted by molar-refractivity contribution is 6.09. The predicted octanol–water partition coefficient (Wildman–Crippen LogP) is 3.74. The van der Waals surface area contributed by atoms with Crippen LogP contribution in [0, 0.1) is 5.82 Å². The van der Waals surface area contributed by atoms with Crippen LogP contribution in [-0.4, -0.2) is 51.3 Å². The summed E-state index contributed by atoms with van der Waals surface area (Å²) in [5.41, 5.74) is 2.16. The van der Waals surface area contributed by atoms with Crippen molar-refractivity contribution in [3.63, 3.8) is 0 Å². The molecule has 0 aliphatic rings. The quantitative estimate of drug-likeness (QED) is 0.225. The number of nitrogens with one attached hydrogen (secondary N) is 1. The van der Waals surface area contributed by atoms with Crippen LogP contribution in [0.1, 0.15) is 15.9 Å². The van der Waals surface area contributed by atoms with Crippen LogP contribution < -0.4 is 14.8 Å². The van der Waals surface area contributed by atoms with Gasteiger partial charge in [0.05, 0.1) is 6.54 Å². The Labute approximate surface area is 216 Å². The molecule has 0 fully saturated rings. The van der Waals surface area contributed by atoms with Gasteiger partial charge in [-0.2, -0.15) is 4.52 Å². The minimum atomic E-state index is -0.387. The molecule has 0 unspecified atom stereocenters. The third-order valence-electron chi connectivity index (χ3n) is 5.52. The zero-order valence-corrected chi connectivity index (χ0v) is 20.1. The molecule has 5 aromatic rings. The summed E-state index contributed by atoms with van der Waals surface area (Å²) in [6, 6.07) is 24.9. The second kappa shape index (κ2) is 11.3. The van der Waals surface area contributed by atoms with Gasteiger partial charge in [0.1, 0.15) is 18.2 Å². The van der Waals surface area contributed by atoms with Crippen molar-refractivity contribution in [3.8, 4) is 23.0 Å². The normalized spacial score (nSPS) is 10.8. The summed E-state index contributed by atoms with van der Waals surface area (Å²) >= 11 is 0. The molecule has 0 bridgehead atoms. The van der Waals surface area contributed by atoms with E-state index in [0.29, 0.717) is 39.8 Å². The third kappa shape index (κ3) is 5.81. The minimum absolute atomic E-state index is 0.0852. The molecule has 9 nitrogen and oxygen atoms in total. The van der Waals surface area contributed by atoms with Gasteiger partial charge in [-0.3, -0.25) is 9.59 Å². The first-order chi connectivity index (χ1) is 18.6. The molecule has 1 N–H and O–H groups in total. The number of nitrogens with zero attached hydrogens (tertiary/aromatic N) is 4. The first kappa shape index (κ1) is 24.6. The zero-order valence-electron chi connectivity index (χ0n) is 20.1. The predicted molar refractivity (Wildman–Crippen MR) is 136 cm³/mol. The summed E-state index contributed by atoms with van der Waals surface area (Å²) in [5.74, 6) is 0.355. The number of ether oxygens (including phenoxy) is 2. The fraction of sp³-hybridized carbons (Fsp3) is 0.107. The van der Waals surface area contributed by atoms with Crippen molar-refractivity contribution in [3.05, 3.63) is 108 Å². The number of hydrogen-bond donors (Lipinski definition) is 1. The minimum Gasteiger partial charge on any atom is -0.484 e. The van der Waals surface area contributed by atoms with Crippen LogP contribution in [0.4, 0.5) is 4.39 Å². The summed E-state index contributed by atoms with van der Waals surface area (Å²) < 4.78 is 26.2. The number of rotatable bonds is 10. The Kier molecular flexibility index (Phi) is 7.30. The highest BCUT2D eigenvalue weighted by Gasteiger charge is 2.12. The van der Waals surface area contributed by atoms with Crippen molar-refractivity contribution in [1.82, 2.24) is 25.1 Å². The molecule has 3 aromatic carbocycles. The molecule has 2 heterocycles. The van der Waals surface area contributed by atoms with E-state index in [1.807, 2.05) is 18.2 Å².